The minimum Gasteiger partial charge on any atom is -0.354 e. The van der Waals surface area contributed by atoms with E-state index < -0.39 is 0 Å². The van der Waals surface area contributed by atoms with E-state index in [1.807, 2.05) is 48.5 Å². The van der Waals surface area contributed by atoms with Gasteiger partial charge in [0.25, 0.3) is 5.91 Å². The van der Waals surface area contributed by atoms with E-state index in [4.69, 9.17) is 4.52 Å². The van der Waals surface area contributed by atoms with Crippen LogP contribution in [0.1, 0.15) is 10.4 Å². The molecule has 0 fully saturated rings. The number of hydrogen-bond acceptors (Lipinski definition) is 6. The molecule has 0 aliphatic rings. The number of nitrogens with one attached hydrogen (secondary N) is 3. The van der Waals surface area contributed by atoms with E-state index in [1.165, 1.54) is 6.20 Å². The lowest BCUT2D eigenvalue weighted by atomic mass is 10.1. The summed E-state index contributed by atoms with van der Waals surface area (Å²) in [7, 11) is 0. The second-order valence-corrected chi connectivity index (χ2v) is 6.65. The molecular weight excluding hydrogens is 380 g/mol. The summed E-state index contributed by atoms with van der Waals surface area (Å²) in [6.07, 6.45) is 4.91. The molecule has 0 aliphatic carbocycles. The minimum atomic E-state index is -0.227. The number of amides is 1. The van der Waals surface area contributed by atoms with Crippen LogP contribution < -0.4 is 10.6 Å². The molecule has 1 amide bonds. The van der Waals surface area contributed by atoms with Crippen molar-refractivity contribution in [2.24, 2.45) is 0 Å². The Balaban J connectivity index is 1.33. The van der Waals surface area contributed by atoms with Crippen molar-refractivity contribution in [3.05, 3.63) is 84.8 Å². The Kier molecular flexibility index (Phi) is 4.41. The molecule has 30 heavy (non-hydrogen) atoms. The van der Waals surface area contributed by atoms with Crippen LogP contribution in [0.15, 0.2) is 83.8 Å². The first kappa shape index (κ1) is 17.6. The molecule has 5 aromatic rings. The van der Waals surface area contributed by atoms with Gasteiger partial charge in [0.2, 0.25) is 0 Å². The summed E-state index contributed by atoms with van der Waals surface area (Å²) in [5.74, 6) is 0.937. The van der Waals surface area contributed by atoms with Gasteiger partial charge in [-0.05, 0) is 42.5 Å². The molecule has 8 nitrogen and oxygen atoms in total. The number of hydrogen-bond donors (Lipinski definition) is 3. The van der Waals surface area contributed by atoms with Crippen LogP contribution in [0.4, 0.5) is 17.2 Å². The number of pyridine rings is 1. The van der Waals surface area contributed by atoms with E-state index in [0.29, 0.717) is 22.8 Å². The zero-order valence-corrected chi connectivity index (χ0v) is 15.7. The van der Waals surface area contributed by atoms with Crippen LogP contribution in [-0.4, -0.2) is 26.2 Å². The molecule has 0 saturated heterocycles. The minimum absolute atomic E-state index is 0.227. The predicted octanol–water partition coefficient (Wildman–Crippen LogP) is 4.61. The van der Waals surface area contributed by atoms with E-state index in [2.05, 4.69) is 31.0 Å². The third-order valence-electron chi connectivity index (χ3n) is 4.55. The third-order valence-corrected chi connectivity index (χ3v) is 4.55. The van der Waals surface area contributed by atoms with Gasteiger partial charge >= 0.3 is 0 Å². The maximum absolute atomic E-state index is 12.3. The Morgan fingerprint density at radius 2 is 1.93 bits per heavy atom. The van der Waals surface area contributed by atoms with Gasteiger partial charge in [-0.2, -0.15) is 5.10 Å². The maximum Gasteiger partial charge on any atom is 0.257 e. The fourth-order valence-corrected chi connectivity index (χ4v) is 3.09. The highest BCUT2D eigenvalue weighted by Crippen LogP contribution is 2.27. The summed E-state index contributed by atoms with van der Waals surface area (Å²) in [4.78, 5) is 16.3. The topological polar surface area (TPSA) is 109 Å². The summed E-state index contributed by atoms with van der Waals surface area (Å²) < 4.78 is 5.49. The number of carbonyl (C=O) groups excluding carboxylic acids is 1. The molecule has 3 heterocycles. The first-order valence-corrected chi connectivity index (χ1v) is 9.23. The number of aromatic nitrogens is 4. The lowest BCUT2D eigenvalue weighted by Crippen LogP contribution is -2.11. The normalized spacial score (nSPS) is 10.8. The van der Waals surface area contributed by atoms with Gasteiger partial charge in [-0.3, -0.25) is 14.9 Å². The smallest absolute Gasteiger partial charge is 0.257 e. The second-order valence-electron chi connectivity index (χ2n) is 6.65. The molecule has 0 saturated carbocycles. The highest BCUT2D eigenvalue weighted by atomic mass is 16.5. The summed E-state index contributed by atoms with van der Waals surface area (Å²) in [6.45, 7) is 0. The molecule has 0 unspecified atom stereocenters. The summed E-state index contributed by atoms with van der Waals surface area (Å²) >= 11 is 0. The van der Waals surface area contributed by atoms with Crippen molar-refractivity contribution >= 4 is 34.0 Å². The van der Waals surface area contributed by atoms with Crippen molar-refractivity contribution in [2.45, 2.75) is 0 Å². The highest BCUT2D eigenvalue weighted by molar-refractivity contribution is 6.04. The van der Waals surface area contributed by atoms with Gasteiger partial charge in [-0.1, -0.05) is 17.3 Å². The highest BCUT2D eigenvalue weighted by Gasteiger charge is 2.10. The van der Waals surface area contributed by atoms with Crippen LogP contribution in [0.25, 0.3) is 22.2 Å². The molecule has 0 atom stereocenters. The van der Waals surface area contributed by atoms with Crippen molar-refractivity contribution in [3.63, 3.8) is 0 Å². The Hall–Kier alpha value is -4.46. The average molecular weight is 396 g/mol. The molecule has 3 aromatic heterocycles. The first-order chi connectivity index (χ1) is 14.7. The number of fused-ring (bicyclic) bond motifs is 1. The predicted molar refractivity (Wildman–Crippen MR) is 114 cm³/mol. The van der Waals surface area contributed by atoms with E-state index in [1.54, 1.807) is 24.5 Å². The number of rotatable bonds is 5. The van der Waals surface area contributed by atoms with Gasteiger partial charge in [-0.15, -0.1) is 0 Å². The lowest BCUT2D eigenvalue weighted by molar-refractivity contribution is 0.102. The largest absolute Gasteiger partial charge is 0.354 e. The van der Waals surface area contributed by atoms with Crippen molar-refractivity contribution in [3.8, 4) is 11.3 Å². The van der Waals surface area contributed by atoms with Gasteiger partial charge < -0.3 is 15.2 Å². The number of carbonyl (C=O) groups is 1. The molecule has 2 aromatic carbocycles. The molecule has 0 spiro atoms. The fraction of sp³-hybridized carbons (Fsp3) is 0. The molecule has 8 heteroatoms. The number of benzene rings is 2. The second kappa shape index (κ2) is 7.51. The van der Waals surface area contributed by atoms with Gasteiger partial charge in [0, 0.05) is 40.8 Å². The Labute approximate surface area is 170 Å². The van der Waals surface area contributed by atoms with E-state index >= 15 is 0 Å². The third kappa shape index (κ3) is 3.61. The van der Waals surface area contributed by atoms with Crippen LogP contribution in [-0.2, 0) is 0 Å². The number of H-pyrrole nitrogens is 1. The molecule has 3 N–H and O–H groups in total. The number of aromatic amines is 1. The van der Waals surface area contributed by atoms with Crippen LogP contribution in [0.2, 0.25) is 0 Å². The fourth-order valence-electron chi connectivity index (χ4n) is 3.09. The molecule has 0 bridgehead atoms. The summed E-state index contributed by atoms with van der Waals surface area (Å²) in [5.41, 5.74) is 3.78. The first-order valence-electron chi connectivity index (χ1n) is 9.23. The molecule has 146 valence electrons. The van der Waals surface area contributed by atoms with Gasteiger partial charge in [0.1, 0.15) is 0 Å². The van der Waals surface area contributed by atoms with Crippen LogP contribution >= 0.6 is 0 Å². The Morgan fingerprint density at radius 3 is 2.83 bits per heavy atom. The monoisotopic (exact) mass is 396 g/mol. The summed E-state index contributed by atoms with van der Waals surface area (Å²) in [6, 6.07) is 18.5. The van der Waals surface area contributed by atoms with E-state index in [9.17, 15) is 4.79 Å². The van der Waals surface area contributed by atoms with Crippen LogP contribution in [0, 0.1) is 0 Å². The van der Waals surface area contributed by atoms with Crippen molar-refractivity contribution in [2.75, 3.05) is 10.6 Å². The SMILES string of the molecule is O=C(Nc1cccc(-c2cc(Nc3ccc4[nH]ncc4c3)no2)c1)c1cccnc1. The standard InChI is InChI=1S/C22H16N6O2/c29-22(15-4-2-8-23-12-15)26-17-5-1-3-14(9-17)20-11-21(28-30-20)25-18-6-7-19-16(10-18)13-24-27-19/h1-13H,(H,24,27)(H,25,28)(H,26,29). The molecule has 5 rings (SSSR count). The Bertz CT molecular complexity index is 1330. The van der Waals surface area contributed by atoms with Gasteiger partial charge in [0.05, 0.1) is 17.3 Å². The van der Waals surface area contributed by atoms with Crippen LogP contribution in [0.5, 0.6) is 0 Å². The van der Waals surface area contributed by atoms with Gasteiger partial charge in [0.15, 0.2) is 11.6 Å². The summed E-state index contributed by atoms with van der Waals surface area (Å²) in [5, 5.41) is 18.1. The van der Waals surface area contributed by atoms with Gasteiger partial charge in [-0.25, -0.2) is 0 Å². The molecular formula is C22H16N6O2. The Morgan fingerprint density at radius 1 is 0.967 bits per heavy atom. The average Bonchev–Trinajstić information content (AvgIpc) is 3.44. The number of nitrogens with zero attached hydrogens (tertiary/aromatic N) is 3. The maximum atomic E-state index is 12.3. The van der Waals surface area contributed by atoms with Crippen molar-refractivity contribution in [1.29, 1.82) is 0 Å². The van der Waals surface area contributed by atoms with Crippen molar-refractivity contribution < 1.29 is 9.32 Å². The van der Waals surface area contributed by atoms with Crippen LogP contribution in [0.3, 0.4) is 0 Å². The quantitative estimate of drug-likeness (QED) is 0.400. The molecule has 0 aliphatic heterocycles. The lowest BCUT2D eigenvalue weighted by Gasteiger charge is -2.06. The number of anilines is 3. The van der Waals surface area contributed by atoms with E-state index in [-0.39, 0.29) is 5.91 Å². The zero-order valence-electron chi connectivity index (χ0n) is 15.7. The zero-order chi connectivity index (χ0) is 20.3. The molecule has 0 radical (unpaired) electrons. The van der Waals surface area contributed by atoms with Crippen molar-refractivity contribution in [1.82, 2.24) is 20.3 Å². The van der Waals surface area contributed by atoms with E-state index in [0.717, 1.165) is 22.2 Å².